The second-order valence-corrected chi connectivity index (χ2v) is 5.90. The van der Waals surface area contributed by atoms with Crippen LogP contribution in [0.1, 0.15) is 17.4 Å². The number of nitrogens with one attached hydrogen (secondary N) is 2. The van der Waals surface area contributed by atoms with Gasteiger partial charge in [0, 0.05) is 18.0 Å². The van der Waals surface area contributed by atoms with Crippen molar-refractivity contribution in [2.45, 2.75) is 19.9 Å². The Morgan fingerprint density at radius 1 is 1.25 bits per heavy atom. The number of rotatable bonds is 6. The van der Waals surface area contributed by atoms with Crippen molar-refractivity contribution in [3.05, 3.63) is 44.8 Å². The first-order valence-corrected chi connectivity index (χ1v) is 8.26. The van der Waals surface area contributed by atoms with Crippen molar-refractivity contribution in [3.63, 3.8) is 0 Å². The molecule has 2 aromatic rings. The van der Waals surface area contributed by atoms with Crippen molar-refractivity contribution >= 4 is 52.6 Å². The van der Waals surface area contributed by atoms with Crippen molar-refractivity contribution in [3.8, 4) is 0 Å². The third-order valence-corrected chi connectivity index (χ3v) is 4.26. The lowest BCUT2D eigenvalue weighted by Gasteiger charge is -2.10. The molecule has 0 aliphatic heterocycles. The molecule has 0 atom stereocenters. The third-order valence-electron chi connectivity index (χ3n) is 2.59. The molecular weight excluding hydrogens is 401 g/mol. The van der Waals surface area contributed by atoms with E-state index in [2.05, 4.69) is 56.9 Å². The standard InChI is InChI=1S/C14H19N3S2.HI/c1-2-15-14(17-10-12-6-9-18-11-12)16-7-5-13-4-3-8-19-13;/h3-4,6,8-9,11H,2,5,7,10H2,1H3,(H2,15,16,17);1H. The lowest BCUT2D eigenvalue weighted by atomic mass is 10.3. The average molecular weight is 421 g/mol. The SMILES string of the molecule is CCNC(=NCc1ccsc1)NCCc1cccs1.I. The minimum atomic E-state index is 0. The highest BCUT2D eigenvalue weighted by atomic mass is 127. The van der Waals surface area contributed by atoms with Crippen molar-refractivity contribution in [2.75, 3.05) is 13.1 Å². The van der Waals surface area contributed by atoms with E-state index in [1.807, 2.05) is 0 Å². The van der Waals surface area contributed by atoms with Crippen molar-refractivity contribution in [1.82, 2.24) is 10.6 Å². The van der Waals surface area contributed by atoms with Gasteiger partial charge in [0.05, 0.1) is 6.54 Å². The fourth-order valence-corrected chi connectivity index (χ4v) is 3.02. The average Bonchev–Trinajstić information content (AvgIpc) is 3.09. The molecular formula is C14H20IN3S2. The summed E-state index contributed by atoms with van der Waals surface area (Å²) in [7, 11) is 0. The van der Waals surface area contributed by atoms with Gasteiger partial charge in [0.2, 0.25) is 0 Å². The molecule has 0 amide bonds. The van der Waals surface area contributed by atoms with Gasteiger partial charge in [-0.3, -0.25) is 0 Å². The molecule has 2 aromatic heterocycles. The topological polar surface area (TPSA) is 36.4 Å². The molecule has 3 nitrogen and oxygen atoms in total. The van der Waals surface area contributed by atoms with Crippen LogP contribution < -0.4 is 10.6 Å². The van der Waals surface area contributed by atoms with E-state index in [9.17, 15) is 0 Å². The van der Waals surface area contributed by atoms with Gasteiger partial charge in [-0.15, -0.1) is 35.3 Å². The Labute approximate surface area is 145 Å². The van der Waals surface area contributed by atoms with Crippen LogP contribution in [-0.4, -0.2) is 19.0 Å². The number of thiophene rings is 2. The first-order chi connectivity index (χ1) is 9.38. The maximum atomic E-state index is 4.58. The molecule has 2 rings (SSSR count). The molecule has 0 fully saturated rings. The van der Waals surface area contributed by atoms with Crippen LogP contribution in [0.4, 0.5) is 0 Å². The number of guanidine groups is 1. The van der Waals surface area contributed by atoms with E-state index in [4.69, 9.17) is 0 Å². The quantitative estimate of drug-likeness (QED) is 0.424. The predicted molar refractivity (Wildman–Crippen MR) is 101 cm³/mol. The highest BCUT2D eigenvalue weighted by molar-refractivity contribution is 14.0. The lowest BCUT2D eigenvalue weighted by molar-refractivity contribution is 0.805. The minimum Gasteiger partial charge on any atom is -0.357 e. The Morgan fingerprint density at radius 3 is 2.80 bits per heavy atom. The summed E-state index contributed by atoms with van der Waals surface area (Å²) in [6.07, 6.45) is 1.04. The van der Waals surface area contributed by atoms with Crippen LogP contribution in [0.2, 0.25) is 0 Å². The molecule has 20 heavy (non-hydrogen) atoms. The number of hydrogen-bond donors (Lipinski definition) is 2. The summed E-state index contributed by atoms with van der Waals surface area (Å²) in [4.78, 5) is 5.98. The van der Waals surface area contributed by atoms with Gasteiger partial charge >= 0.3 is 0 Å². The van der Waals surface area contributed by atoms with Crippen LogP contribution in [0.15, 0.2) is 39.3 Å². The number of aliphatic imine (C=N–C) groups is 1. The van der Waals surface area contributed by atoms with E-state index < -0.39 is 0 Å². The lowest BCUT2D eigenvalue weighted by Crippen LogP contribution is -2.38. The van der Waals surface area contributed by atoms with Crippen LogP contribution in [0.25, 0.3) is 0 Å². The van der Waals surface area contributed by atoms with Gasteiger partial charge < -0.3 is 10.6 Å². The second kappa shape index (κ2) is 10.2. The zero-order valence-corrected chi connectivity index (χ0v) is 15.4. The van der Waals surface area contributed by atoms with Crippen LogP contribution in [0.5, 0.6) is 0 Å². The monoisotopic (exact) mass is 421 g/mol. The fourth-order valence-electron chi connectivity index (χ4n) is 1.65. The summed E-state index contributed by atoms with van der Waals surface area (Å²) in [5, 5.41) is 13.0. The Kier molecular flexibility index (Phi) is 8.88. The highest BCUT2D eigenvalue weighted by Gasteiger charge is 1.98. The van der Waals surface area contributed by atoms with Gasteiger partial charge in [0.25, 0.3) is 0 Å². The predicted octanol–water partition coefficient (Wildman–Crippen LogP) is 3.73. The van der Waals surface area contributed by atoms with Gasteiger partial charge in [0.15, 0.2) is 5.96 Å². The molecule has 0 aliphatic carbocycles. The second-order valence-electron chi connectivity index (χ2n) is 4.08. The molecule has 0 aliphatic rings. The Morgan fingerprint density at radius 2 is 2.15 bits per heavy atom. The van der Waals surface area contributed by atoms with E-state index in [1.165, 1.54) is 10.4 Å². The molecule has 6 heteroatoms. The van der Waals surface area contributed by atoms with Gasteiger partial charge in [-0.1, -0.05) is 6.07 Å². The van der Waals surface area contributed by atoms with Gasteiger partial charge in [-0.25, -0.2) is 4.99 Å². The summed E-state index contributed by atoms with van der Waals surface area (Å²) in [5.74, 6) is 0.894. The maximum Gasteiger partial charge on any atom is 0.191 e. The van der Waals surface area contributed by atoms with Crippen LogP contribution in [-0.2, 0) is 13.0 Å². The molecule has 0 radical (unpaired) electrons. The Hall–Kier alpha value is -0.600. The minimum absolute atomic E-state index is 0. The van der Waals surface area contributed by atoms with Crippen LogP contribution in [0.3, 0.4) is 0 Å². The molecule has 2 N–H and O–H groups in total. The van der Waals surface area contributed by atoms with E-state index in [-0.39, 0.29) is 24.0 Å². The normalized spacial score (nSPS) is 10.9. The molecule has 0 aromatic carbocycles. The smallest absolute Gasteiger partial charge is 0.191 e. The van der Waals surface area contributed by atoms with Crippen molar-refractivity contribution < 1.29 is 0 Å². The first kappa shape index (κ1) is 17.5. The molecule has 0 bridgehead atoms. The molecule has 0 unspecified atom stereocenters. The van der Waals surface area contributed by atoms with Gasteiger partial charge in [-0.05, 0) is 47.2 Å². The van der Waals surface area contributed by atoms with E-state index in [1.54, 1.807) is 22.7 Å². The zero-order valence-electron chi connectivity index (χ0n) is 11.5. The van der Waals surface area contributed by atoms with E-state index in [0.717, 1.165) is 32.0 Å². The zero-order chi connectivity index (χ0) is 13.3. The molecule has 0 spiro atoms. The van der Waals surface area contributed by atoms with E-state index >= 15 is 0 Å². The fraction of sp³-hybridized carbons (Fsp3) is 0.357. The van der Waals surface area contributed by atoms with Gasteiger partial charge in [-0.2, -0.15) is 11.3 Å². The van der Waals surface area contributed by atoms with Crippen LogP contribution >= 0.6 is 46.7 Å². The molecule has 0 saturated carbocycles. The van der Waals surface area contributed by atoms with Crippen molar-refractivity contribution in [2.24, 2.45) is 4.99 Å². The van der Waals surface area contributed by atoms with Crippen molar-refractivity contribution in [1.29, 1.82) is 0 Å². The maximum absolute atomic E-state index is 4.58. The first-order valence-electron chi connectivity index (χ1n) is 6.44. The van der Waals surface area contributed by atoms with Crippen LogP contribution in [0, 0.1) is 0 Å². The summed E-state index contributed by atoms with van der Waals surface area (Å²) in [5.41, 5.74) is 1.26. The Balaban J connectivity index is 0.00000200. The highest BCUT2D eigenvalue weighted by Crippen LogP contribution is 2.08. The molecule has 0 saturated heterocycles. The largest absolute Gasteiger partial charge is 0.357 e. The van der Waals surface area contributed by atoms with E-state index in [0.29, 0.717) is 0 Å². The summed E-state index contributed by atoms with van der Waals surface area (Å²) in [6.45, 7) is 4.61. The number of halogens is 1. The summed E-state index contributed by atoms with van der Waals surface area (Å²) in [6, 6.07) is 6.38. The molecule has 2 heterocycles. The summed E-state index contributed by atoms with van der Waals surface area (Å²) >= 11 is 3.51. The summed E-state index contributed by atoms with van der Waals surface area (Å²) < 4.78 is 0. The number of hydrogen-bond acceptors (Lipinski definition) is 3. The molecule has 110 valence electrons. The number of nitrogens with zero attached hydrogens (tertiary/aromatic N) is 1. The third kappa shape index (κ3) is 6.23. The van der Waals surface area contributed by atoms with Gasteiger partial charge in [0.1, 0.15) is 0 Å². The Bertz CT molecular complexity index is 481.